The molecule has 0 aromatic heterocycles. The van der Waals surface area contributed by atoms with Crippen molar-refractivity contribution in [1.82, 2.24) is 0 Å². The highest BCUT2D eigenvalue weighted by atomic mass is 16.6. The zero-order valence-electron chi connectivity index (χ0n) is 13.4. The number of esters is 2. The van der Waals surface area contributed by atoms with E-state index in [1.165, 1.54) is 6.92 Å². The lowest BCUT2D eigenvalue weighted by Crippen LogP contribution is -2.24. The summed E-state index contributed by atoms with van der Waals surface area (Å²) in [5.74, 6) is -0.739. The van der Waals surface area contributed by atoms with Crippen LogP contribution in [0.3, 0.4) is 0 Å². The molecule has 0 unspecified atom stereocenters. The third-order valence-corrected chi connectivity index (χ3v) is 4.08. The van der Waals surface area contributed by atoms with Gasteiger partial charge in [-0.2, -0.15) is 0 Å². The zero-order chi connectivity index (χ0) is 16.4. The number of carbonyl (C=O) groups excluding carboxylic acids is 2. The van der Waals surface area contributed by atoms with Crippen molar-refractivity contribution < 1.29 is 24.2 Å². The Hall–Kier alpha value is -1.88. The van der Waals surface area contributed by atoms with E-state index in [-0.39, 0.29) is 11.9 Å². The Morgan fingerprint density at radius 3 is 2.68 bits per heavy atom. The topological polar surface area (TPSA) is 72.8 Å². The average Bonchev–Trinajstić information content (AvgIpc) is 2.68. The minimum atomic E-state index is -0.916. The number of aliphatic hydroxyl groups excluding tert-OH is 1. The third-order valence-electron chi connectivity index (χ3n) is 4.08. The number of aliphatic hydroxyl groups is 1. The second-order valence-corrected chi connectivity index (χ2v) is 5.92. The Balaban J connectivity index is 2.40. The van der Waals surface area contributed by atoms with Crippen LogP contribution in [-0.2, 0) is 19.1 Å². The maximum Gasteiger partial charge on any atom is 0.334 e. The lowest BCUT2D eigenvalue weighted by Gasteiger charge is -2.23. The molecule has 0 fully saturated rings. The van der Waals surface area contributed by atoms with E-state index in [9.17, 15) is 14.7 Å². The smallest absolute Gasteiger partial charge is 0.334 e. The number of hydrogen-bond acceptors (Lipinski definition) is 5. The lowest BCUT2D eigenvalue weighted by atomic mass is 9.91. The van der Waals surface area contributed by atoms with E-state index in [1.807, 2.05) is 19.9 Å². The molecular formula is C17H22O5. The summed E-state index contributed by atoms with van der Waals surface area (Å²) >= 11 is 0. The second kappa shape index (κ2) is 6.48. The molecule has 2 rings (SSSR count). The van der Waals surface area contributed by atoms with Crippen molar-refractivity contribution in [1.29, 1.82) is 0 Å². The zero-order valence-corrected chi connectivity index (χ0v) is 13.4. The van der Waals surface area contributed by atoms with Crippen LogP contribution in [-0.4, -0.2) is 35.4 Å². The first-order valence-electron chi connectivity index (χ1n) is 7.40. The number of carbonyl (C=O) groups is 2. The molecule has 0 amide bonds. The van der Waals surface area contributed by atoms with Gasteiger partial charge in [-0.05, 0) is 32.4 Å². The minimum absolute atomic E-state index is 0.358. The summed E-state index contributed by atoms with van der Waals surface area (Å²) in [6.07, 6.45) is 2.96. The van der Waals surface area contributed by atoms with E-state index < -0.39 is 18.3 Å². The third kappa shape index (κ3) is 3.47. The molecule has 0 bridgehead atoms. The molecule has 1 N–H and O–H groups in total. The second-order valence-electron chi connectivity index (χ2n) is 5.92. The molecule has 5 nitrogen and oxygen atoms in total. The van der Waals surface area contributed by atoms with Gasteiger partial charge < -0.3 is 14.6 Å². The van der Waals surface area contributed by atoms with Crippen LogP contribution in [0, 0.1) is 0 Å². The van der Waals surface area contributed by atoms with E-state index in [1.54, 1.807) is 13.0 Å². The van der Waals surface area contributed by atoms with E-state index in [0.717, 1.165) is 11.1 Å². The lowest BCUT2D eigenvalue weighted by molar-refractivity contribution is -0.144. The van der Waals surface area contributed by atoms with Gasteiger partial charge in [0.2, 0.25) is 0 Å². The first-order chi connectivity index (χ1) is 10.3. The normalized spacial score (nSPS) is 34.0. The summed E-state index contributed by atoms with van der Waals surface area (Å²) in [5.41, 5.74) is 2.84. The highest BCUT2D eigenvalue weighted by molar-refractivity contribution is 5.92. The van der Waals surface area contributed by atoms with Crippen LogP contribution in [0.4, 0.5) is 0 Å². The van der Waals surface area contributed by atoms with Gasteiger partial charge in [0.15, 0.2) is 0 Å². The van der Waals surface area contributed by atoms with Crippen LogP contribution in [0.5, 0.6) is 0 Å². The molecule has 5 heteroatoms. The highest BCUT2D eigenvalue weighted by Gasteiger charge is 2.35. The Morgan fingerprint density at radius 1 is 1.36 bits per heavy atom. The molecule has 0 aromatic rings. The monoisotopic (exact) mass is 306 g/mol. The van der Waals surface area contributed by atoms with Crippen molar-refractivity contribution in [2.24, 2.45) is 0 Å². The highest BCUT2D eigenvalue weighted by Crippen LogP contribution is 2.32. The van der Waals surface area contributed by atoms with Crippen LogP contribution < -0.4 is 0 Å². The first-order valence-corrected chi connectivity index (χ1v) is 7.40. The van der Waals surface area contributed by atoms with Crippen LogP contribution in [0.1, 0.15) is 40.5 Å². The van der Waals surface area contributed by atoms with Gasteiger partial charge >= 0.3 is 11.9 Å². The summed E-state index contributed by atoms with van der Waals surface area (Å²) in [4.78, 5) is 23.0. The van der Waals surface area contributed by atoms with E-state index >= 15 is 0 Å². The van der Waals surface area contributed by atoms with Crippen molar-refractivity contribution in [2.45, 2.75) is 58.8 Å². The molecule has 120 valence electrons. The van der Waals surface area contributed by atoms with Gasteiger partial charge in [0, 0.05) is 30.9 Å². The Bertz CT molecular complexity index is 582. The Kier molecular flexibility index (Phi) is 4.86. The number of ether oxygens (including phenoxy) is 2. The molecule has 0 spiro atoms. The van der Waals surface area contributed by atoms with Crippen molar-refractivity contribution in [2.75, 3.05) is 0 Å². The van der Waals surface area contributed by atoms with Gasteiger partial charge in [-0.3, -0.25) is 4.79 Å². The van der Waals surface area contributed by atoms with Crippen molar-refractivity contribution in [3.05, 3.63) is 34.4 Å². The maximum atomic E-state index is 11.8. The molecule has 2 aliphatic rings. The van der Waals surface area contributed by atoms with E-state index in [0.29, 0.717) is 24.0 Å². The Morgan fingerprint density at radius 2 is 2.05 bits per heavy atom. The van der Waals surface area contributed by atoms with Crippen molar-refractivity contribution >= 4 is 11.9 Å². The van der Waals surface area contributed by atoms with Gasteiger partial charge in [0.25, 0.3) is 0 Å². The predicted octanol–water partition coefficient (Wildman–Crippen LogP) is 2.21. The molecule has 1 aliphatic carbocycles. The van der Waals surface area contributed by atoms with Crippen LogP contribution in [0.15, 0.2) is 34.4 Å². The fraction of sp³-hybridized carbons (Fsp3) is 0.529. The summed E-state index contributed by atoms with van der Waals surface area (Å²) in [7, 11) is 0. The molecule has 1 heterocycles. The molecule has 0 aromatic carbocycles. The standard InChI is InChI=1S/C17H22O5/c1-9-5-6-14(21-12(4)18)10(2)8-13(19)16-11(3)17(20)22-15(16)7-9/h5,8,13-15,19H,6-7H2,1-4H3/b9-5+,10-8+/t13-,14-,15+/m0/s1. The number of hydrogen-bond donors (Lipinski definition) is 1. The minimum Gasteiger partial charge on any atom is -0.458 e. The average molecular weight is 306 g/mol. The summed E-state index contributed by atoms with van der Waals surface area (Å²) in [6.45, 7) is 6.78. The van der Waals surface area contributed by atoms with E-state index in [4.69, 9.17) is 9.47 Å². The molecule has 3 atom stereocenters. The number of rotatable bonds is 1. The summed E-state index contributed by atoms with van der Waals surface area (Å²) in [6, 6.07) is 0. The molecule has 22 heavy (non-hydrogen) atoms. The quantitative estimate of drug-likeness (QED) is 0.594. The SMILES string of the molecule is CC(=O)O[C@H]1C/C=C(\C)C[C@H]2OC(=O)C(C)=C2[C@@H](O)/C=C/1C. The fourth-order valence-electron chi connectivity index (χ4n) is 2.86. The van der Waals surface area contributed by atoms with Crippen LogP contribution in [0.25, 0.3) is 0 Å². The van der Waals surface area contributed by atoms with Gasteiger partial charge in [-0.15, -0.1) is 0 Å². The Labute approximate surface area is 130 Å². The van der Waals surface area contributed by atoms with Crippen molar-refractivity contribution in [3.63, 3.8) is 0 Å². The van der Waals surface area contributed by atoms with Crippen molar-refractivity contribution in [3.8, 4) is 0 Å². The van der Waals surface area contributed by atoms with Crippen LogP contribution >= 0.6 is 0 Å². The molecule has 0 saturated heterocycles. The fourth-order valence-corrected chi connectivity index (χ4v) is 2.86. The van der Waals surface area contributed by atoms with Gasteiger partial charge in [0.1, 0.15) is 12.2 Å². The van der Waals surface area contributed by atoms with Gasteiger partial charge in [0.05, 0.1) is 6.10 Å². The van der Waals surface area contributed by atoms with Crippen LogP contribution in [0.2, 0.25) is 0 Å². The summed E-state index contributed by atoms with van der Waals surface area (Å²) in [5, 5.41) is 10.5. The summed E-state index contributed by atoms with van der Waals surface area (Å²) < 4.78 is 10.7. The maximum absolute atomic E-state index is 11.8. The largest absolute Gasteiger partial charge is 0.458 e. The van der Waals surface area contributed by atoms with E-state index in [2.05, 4.69) is 0 Å². The predicted molar refractivity (Wildman–Crippen MR) is 80.9 cm³/mol. The molecular weight excluding hydrogens is 284 g/mol. The number of fused-ring (bicyclic) bond motifs is 1. The molecule has 0 saturated carbocycles. The van der Waals surface area contributed by atoms with Gasteiger partial charge in [-0.25, -0.2) is 4.79 Å². The molecule has 1 aliphatic heterocycles. The van der Waals surface area contributed by atoms with Gasteiger partial charge in [-0.1, -0.05) is 11.6 Å². The first kappa shape index (κ1) is 16.5. The molecule has 0 radical (unpaired) electrons.